The van der Waals surface area contributed by atoms with E-state index in [0.29, 0.717) is 17.1 Å². The fourth-order valence-electron chi connectivity index (χ4n) is 1.37. The Morgan fingerprint density at radius 3 is 2.56 bits per heavy atom. The van der Waals surface area contributed by atoms with Crippen LogP contribution >= 0.6 is 0 Å². The van der Waals surface area contributed by atoms with Gasteiger partial charge in [0.25, 0.3) is 0 Å². The van der Waals surface area contributed by atoms with Crippen molar-refractivity contribution in [1.29, 1.82) is 0 Å². The van der Waals surface area contributed by atoms with Crippen molar-refractivity contribution in [2.24, 2.45) is 0 Å². The third kappa shape index (κ3) is 1.84. The summed E-state index contributed by atoms with van der Waals surface area (Å²) in [6.45, 7) is 3.99. The molecule has 0 spiro atoms. The van der Waals surface area contributed by atoms with Gasteiger partial charge in [-0.3, -0.25) is 9.48 Å². The normalized spacial score (nSPS) is 10.7. The first kappa shape index (κ1) is 10.5. The van der Waals surface area contributed by atoms with Gasteiger partial charge >= 0.3 is 0 Å². The van der Waals surface area contributed by atoms with Gasteiger partial charge in [-0.2, -0.15) is 5.10 Å². The first-order valence-electron chi connectivity index (χ1n) is 5.04. The van der Waals surface area contributed by atoms with Crippen molar-refractivity contribution in [2.75, 3.05) is 0 Å². The molecule has 5 nitrogen and oxygen atoms in total. The highest BCUT2D eigenvalue weighted by atomic mass is 16.1. The van der Waals surface area contributed by atoms with E-state index in [1.807, 2.05) is 13.8 Å². The van der Waals surface area contributed by atoms with Crippen LogP contribution < -0.4 is 0 Å². The lowest BCUT2D eigenvalue weighted by Gasteiger charge is -2.02. The van der Waals surface area contributed by atoms with E-state index in [1.54, 1.807) is 29.3 Å². The molecule has 2 rings (SSSR count). The van der Waals surface area contributed by atoms with Crippen LogP contribution in [0.15, 0.2) is 24.7 Å². The summed E-state index contributed by atoms with van der Waals surface area (Å²) in [5, 5.41) is 4.17. The summed E-state index contributed by atoms with van der Waals surface area (Å²) in [5.74, 6) is 0.525. The number of hydrogen-bond donors (Lipinski definition) is 0. The predicted octanol–water partition coefficient (Wildman–Crippen LogP) is 1.73. The maximum atomic E-state index is 10.9. The second-order valence-electron chi connectivity index (χ2n) is 3.69. The highest BCUT2D eigenvalue weighted by molar-refractivity contribution is 5.82. The highest BCUT2D eigenvalue weighted by Gasteiger charge is 2.13. The first-order chi connectivity index (χ1) is 7.72. The van der Waals surface area contributed by atoms with Crippen LogP contribution in [0, 0.1) is 0 Å². The van der Waals surface area contributed by atoms with E-state index in [-0.39, 0.29) is 6.04 Å². The Morgan fingerprint density at radius 1 is 1.31 bits per heavy atom. The Labute approximate surface area is 93.2 Å². The van der Waals surface area contributed by atoms with Gasteiger partial charge in [0.15, 0.2) is 12.1 Å². The second-order valence-corrected chi connectivity index (χ2v) is 3.69. The molecule has 2 aromatic heterocycles. The van der Waals surface area contributed by atoms with E-state index >= 15 is 0 Å². The third-order valence-corrected chi connectivity index (χ3v) is 2.21. The largest absolute Gasteiger partial charge is 0.296 e. The molecule has 82 valence electrons. The number of carbonyl (C=O) groups excluding carboxylic acids is 1. The Balaban J connectivity index is 2.52. The van der Waals surface area contributed by atoms with Crippen LogP contribution in [0.1, 0.15) is 30.4 Å². The van der Waals surface area contributed by atoms with Gasteiger partial charge < -0.3 is 0 Å². The Hall–Kier alpha value is -2.04. The molecule has 2 heterocycles. The highest BCUT2D eigenvalue weighted by Crippen LogP contribution is 2.19. The van der Waals surface area contributed by atoms with Crippen molar-refractivity contribution in [3.8, 4) is 11.4 Å². The molecule has 0 fully saturated rings. The predicted molar refractivity (Wildman–Crippen MR) is 59.0 cm³/mol. The number of aldehydes is 1. The molecular weight excluding hydrogens is 204 g/mol. The summed E-state index contributed by atoms with van der Waals surface area (Å²) in [7, 11) is 0. The molecule has 0 saturated carbocycles. The SMILES string of the molecule is CC(C)n1cc(-c2ncccn2)c(C=O)n1. The lowest BCUT2D eigenvalue weighted by atomic mass is 10.2. The monoisotopic (exact) mass is 216 g/mol. The molecule has 0 saturated heterocycles. The maximum absolute atomic E-state index is 10.9. The van der Waals surface area contributed by atoms with Crippen LogP contribution in [0.3, 0.4) is 0 Å². The van der Waals surface area contributed by atoms with Crippen LogP contribution in [-0.4, -0.2) is 26.0 Å². The first-order valence-corrected chi connectivity index (χ1v) is 5.04. The summed E-state index contributed by atoms with van der Waals surface area (Å²) in [4.78, 5) is 19.1. The Bertz CT molecular complexity index is 490. The van der Waals surface area contributed by atoms with Crippen molar-refractivity contribution in [3.63, 3.8) is 0 Å². The quantitative estimate of drug-likeness (QED) is 0.733. The topological polar surface area (TPSA) is 60.7 Å². The van der Waals surface area contributed by atoms with Crippen LogP contribution in [0.25, 0.3) is 11.4 Å². The van der Waals surface area contributed by atoms with Crippen LogP contribution in [0.5, 0.6) is 0 Å². The summed E-state index contributed by atoms with van der Waals surface area (Å²) < 4.78 is 1.73. The van der Waals surface area contributed by atoms with Crippen molar-refractivity contribution in [2.45, 2.75) is 19.9 Å². The standard InChI is InChI=1S/C11H12N4O/c1-8(2)15-6-9(10(7-16)14-15)11-12-4-3-5-13-11/h3-8H,1-2H3. The zero-order valence-corrected chi connectivity index (χ0v) is 9.16. The lowest BCUT2D eigenvalue weighted by Crippen LogP contribution is -2.01. The fraction of sp³-hybridized carbons (Fsp3) is 0.273. The van der Waals surface area contributed by atoms with Gasteiger partial charge in [0.05, 0.1) is 5.56 Å². The van der Waals surface area contributed by atoms with Crippen molar-refractivity contribution < 1.29 is 4.79 Å². The molecule has 2 aromatic rings. The van der Waals surface area contributed by atoms with E-state index in [4.69, 9.17) is 0 Å². The minimum atomic E-state index is 0.205. The van der Waals surface area contributed by atoms with E-state index in [9.17, 15) is 4.79 Å². The molecule has 0 aliphatic heterocycles. The second kappa shape index (κ2) is 4.22. The zero-order valence-electron chi connectivity index (χ0n) is 9.16. The molecule has 0 aliphatic rings. The van der Waals surface area contributed by atoms with Crippen molar-refractivity contribution in [3.05, 3.63) is 30.4 Å². The Kier molecular flexibility index (Phi) is 2.76. The number of aromatic nitrogens is 4. The maximum Gasteiger partial charge on any atom is 0.171 e. The van der Waals surface area contributed by atoms with Crippen LogP contribution in [-0.2, 0) is 0 Å². The van der Waals surface area contributed by atoms with Crippen LogP contribution in [0.4, 0.5) is 0 Å². The average Bonchev–Trinajstić information content (AvgIpc) is 2.74. The fourth-order valence-corrected chi connectivity index (χ4v) is 1.37. The van der Waals surface area contributed by atoms with Gasteiger partial charge in [-0.05, 0) is 19.9 Å². The molecule has 16 heavy (non-hydrogen) atoms. The van der Waals surface area contributed by atoms with Gasteiger partial charge in [0.1, 0.15) is 5.69 Å². The molecule has 0 unspecified atom stereocenters. The van der Waals surface area contributed by atoms with Gasteiger partial charge in [-0.1, -0.05) is 0 Å². The molecule has 0 aromatic carbocycles. The summed E-state index contributed by atoms with van der Waals surface area (Å²) in [6.07, 6.45) is 5.81. The summed E-state index contributed by atoms with van der Waals surface area (Å²) in [6, 6.07) is 1.94. The average molecular weight is 216 g/mol. The van der Waals surface area contributed by atoms with Crippen molar-refractivity contribution >= 4 is 6.29 Å². The summed E-state index contributed by atoms with van der Waals surface area (Å²) in [5.41, 5.74) is 1.05. The van der Waals surface area contributed by atoms with E-state index in [0.717, 1.165) is 6.29 Å². The molecule has 0 aliphatic carbocycles. The van der Waals surface area contributed by atoms with E-state index in [1.165, 1.54) is 0 Å². The number of hydrogen-bond acceptors (Lipinski definition) is 4. The smallest absolute Gasteiger partial charge is 0.171 e. The number of rotatable bonds is 3. The molecule has 0 N–H and O–H groups in total. The van der Waals surface area contributed by atoms with Crippen LogP contribution in [0.2, 0.25) is 0 Å². The van der Waals surface area contributed by atoms with Gasteiger partial charge in [-0.15, -0.1) is 0 Å². The molecule has 0 radical (unpaired) electrons. The van der Waals surface area contributed by atoms with E-state index in [2.05, 4.69) is 15.1 Å². The number of nitrogens with zero attached hydrogens (tertiary/aromatic N) is 4. The summed E-state index contributed by atoms with van der Waals surface area (Å²) >= 11 is 0. The van der Waals surface area contributed by atoms with Gasteiger partial charge in [0.2, 0.25) is 0 Å². The third-order valence-electron chi connectivity index (χ3n) is 2.21. The van der Waals surface area contributed by atoms with Gasteiger partial charge in [-0.25, -0.2) is 9.97 Å². The minimum absolute atomic E-state index is 0.205. The molecule has 0 atom stereocenters. The van der Waals surface area contributed by atoms with E-state index < -0.39 is 0 Å². The van der Waals surface area contributed by atoms with Crippen molar-refractivity contribution in [1.82, 2.24) is 19.7 Å². The molecular formula is C11H12N4O. The lowest BCUT2D eigenvalue weighted by molar-refractivity contribution is 0.111. The number of carbonyl (C=O) groups is 1. The minimum Gasteiger partial charge on any atom is -0.296 e. The Morgan fingerprint density at radius 2 is 2.00 bits per heavy atom. The molecule has 0 bridgehead atoms. The zero-order chi connectivity index (χ0) is 11.5. The van der Waals surface area contributed by atoms with Gasteiger partial charge in [0, 0.05) is 24.6 Å². The molecule has 0 amide bonds. The molecule has 5 heteroatoms.